The van der Waals surface area contributed by atoms with Crippen LogP contribution < -0.4 is 16.0 Å². The minimum atomic E-state index is -0.228. The van der Waals surface area contributed by atoms with Crippen LogP contribution >= 0.6 is 0 Å². The summed E-state index contributed by atoms with van der Waals surface area (Å²) in [5.41, 5.74) is 4.80. The number of nitrogens with zero attached hydrogens (tertiary/aromatic N) is 2. The lowest BCUT2D eigenvalue weighted by molar-refractivity contribution is -0.121. The zero-order valence-corrected chi connectivity index (χ0v) is 20.8. The number of aromatic nitrogens is 1. The van der Waals surface area contributed by atoms with Gasteiger partial charge in [-0.3, -0.25) is 14.7 Å². The largest absolute Gasteiger partial charge is 0.352 e. The summed E-state index contributed by atoms with van der Waals surface area (Å²) >= 11 is 0. The van der Waals surface area contributed by atoms with Crippen molar-refractivity contribution in [3.8, 4) is 0 Å². The average molecular weight is 474 g/mol. The number of hydrogen-bond acceptors (Lipinski definition) is 4. The zero-order chi connectivity index (χ0) is 24.8. The molecule has 1 aromatic heterocycles. The van der Waals surface area contributed by atoms with Crippen LogP contribution in [0.1, 0.15) is 43.0 Å². The highest BCUT2D eigenvalue weighted by atomic mass is 16.2. The lowest BCUT2D eigenvalue weighted by Gasteiger charge is -2.17. The van der Waals surface area contributed by atoms with Crippen molar-refractivity contribution < 1.29 is 9.59 Å². The number of rotatable bonds is 8. The molecule has 0 radical (unpaired) electrons. The van der Waals surface area contributed by atoms with Crippen LogP contribution in [0.5, 0.6) is 0 Å². The van der Waals surface area contributed by atoms with Crippen molar-refractivity contribution in [2.45, 2.75) is 45.6 Å². The van der Waals surface area contributed by atoms with Gasteiger partial charge in [0.1, 0.15) is 0 Å². The Morgan fingerprint density at radius 2 is 1.89 bits per heavy atom. The highest BCUT2D eigenvalue weighted by Gasteiger charge is 2.23. The lowest BCUT2D eigenvalue weighted by Crippen LogP contribution is -2.40. The van der Waals surface area contributed by atoms with Crippen LogP contribution in [0.25, 0.3) is 10.9 Å². The van der Waals surface area contributed by atoms with Crippen molar-refractivity contribution in [2.75, 3.05) is 31.5 Å². The van der Waals surface area contributed by atoms with Crippen LogP contribution in [0.15, 0.2) is 54.6 Å². The van der Waals surface area contributed by atoms with E-state index in [1.54, 1.807) is 0 Å². The summed E-state index contributed by atoms with van der Waals surface area (Å²) < 4.78 is 0. The van der Waals surface area contributed by atoms with Gasteiger partial charge in [0, 0.05) is 43.3 Å². The predicted molar refractivity (Wildman–Crippen MR) is 141 cm³/mol. The molecular formula is C28H35N5O2. The molecule has 3 amide bonds. The molecular weight excluding hydrogens is 438 g/mol. The van der Waals surface area contributed by atoms with Gasteiger partial charge in [-0.25, -0.2) is 4.79 Å². The number of anilines is 1. The number of fused-ring (bicyclic) bond motifs is 1. The van der Waals surface area contributed by atoms with Gasteiger partial charge in [-0.2, -0.15) is 0 Å². The molecule has 2 heterocycles. The minimum absolute atomic E-state index is 0.0616. The van der Waals surface area contributed by atoms with Gasteiger partial charge >= 0.3 is 6.03 Å². The van der Waals surface area contributed by atoms with Gasteiger partial charge in [0.25, 0.3) is 0 Å². The number of para-hydroxylation sites is 1. The first kappa shape index (κ1) is 24.7. The SMILES string of the molecule is Cc1cc(NC(=O)NCCN2CCC(NC(=O)Cc3ccc(C(C)C)cc3)C2)c2ccccc2n1. The van der Waals surface area contributed by atoms with E-state index < -0.39 is 0 Å². The summed E-state index contributed by atoms with van der Waals surface area (Å²) in [5.74, 6) is 0.550. The fourth-order valence-electron chi connectivity index (χ4n) is 4.54. The Balaban J connectivity index is 1.18. The number of amides is 3. The van der Waals surface area contributed by atoms with Gasteiger partial charge in [-0.1, -0.05) is 56.3 Å². The van der Waals surface area contributed by atoms with Crippen LogP contribution in [0.4, 0.5) is 10.5 Å². The quantitative estimate of drug-likeness (QED) is 0.457. The van der Waals surface area contributed by atoms with E-state index in [9.17, 15) is 9.59 Å². The number of likely N-dealkylation sites (tertiary alicyclic amines) is 1. The van der Waals surface area contributed by atoms with E-state index >= 15 is 0 Å². The Labute approximate surface area is 207 Å². The lowest BCUT2D eigenvalue weighted by atomic mass is 10.0. The number of carbonyl (C=O) groups is 2. The van der Waals surface area contributed by atoms with E-state index in [0.29, 0.717) is 18.9 Å². The molecule has 1 atom stereocenters. The van der Waals surface area contributed by atoms with Crippen molar-refractivity contribution in [3.63, 3.8) is 0 Å². The molecule has 1 fully saturated rings. The summed E-state index contributed by atoms with van der Waals surface area (Å²) in [4.78, 5) is 31.7. The number of nitrogens with one attached hydrogen (secondary N) is 3. The molecule has 7 heteroatoms. The standard InChI is InChI=1S/C28H35N5O2/c1-19(2)22-10-8-21(9-11-22)17-27(34)31-23-12-14-33(18-23)15-13-29-28(35)32-26-16-20(3)30-25-7-5-4-6-24(25)26/h4-11,16,19,23H,12-15,17-18H2,1-3H3,(H,31,34)(H2,29,30,32,35). The molecule has 4 rings (SSSR count). The van der Waals surface area contributed by atoms with Crippen molar-refractivity contribution in [1.82, 2.24) is 20.5 Å². The fourth-order valence-corrected chi connectivity index (χ4v) is 4.54. The molecule has 3 aromatic rings. The van der Waals surface area contributed by atoms with Crippen LogP contribution in [0, 0.1) is 6.92 Å². The van der Waals surface area contributed by atoms with E-state index in [2.05, 4.69) is 51.8 Å². The number of urea groups is 1. The van der Waals surface area contributed by atoms with Crippen molar-refractivity contribution in [1.29, 1.82) is 0 Å². The molecule has 3 N–H and O–H groups in total. The molecule has 0 saturated carbocycles. The molecule has 35 heavy (non-hydrogen) atoms. The molecule has 0 bridgehead atoms. The Kier molecular flexibility index (Phi) is 7.98. The van der Waals surface area contributed by atoms with Crippen molar-refractivity contribution in [2.24, 2.45) is 0 Å². The molecule has 0 aliphatic carbocycles. The average Bonchev–Trinajstić information content (AvgIpc) is 3.26. The summed E-state index contributed by atoms with van der Waals surface area (Å²) in [5, 5.41) is 9.98. The van der Waals surface area contributed by atoms with E-state index in [1.807, 2.05) is 49.4 Å². The second kappa shape index (κ2) is 11.3. The smallest absolute Gasteiger partial charge is 0.319 e. The van der Waals surface area contributed by atoms with Crippen LogP contribution in [-0.2, 0) is 11.2 Å². The van der Waals surface area contributed by atoms with Crippen LogP contribution in [-0.4, -0.2) is 54.0 Å². The highest BCUT2D eigenvalue weighted by Crippen LogP contribution is 2.22. The first-order valence-corrected chi connectivity index (χ1v) is 12.4. The van der Waals surface area contributed by atoms with E-state index in [0.717, 1.165) is 53.9 Å². The number of pyridine rings is 1. The first-order valence-electron chi connectivity index (χ1n) is 12.4. The van der Waals surface area contributed by atoms with Crippen molar-refractivity contribution >= 4 is 28.5 Å². The normalized spacial score (nSPS) is 15.9. The molecule has 7 nitrogen and oxygen atoms in total. The van der Waals surface area contributed by atoms with Gasteiger partial charge in [0.05, 0.1) is 17.6 Å². The summed E-state index contributed by atoms with van der Waals surface area (Å²) in [7, 11) is 0. The predicted octanol–water partition coefficient (Wildman–Crippen LogP) is 4.22. The van der Waals surface area contributed by atoms with Crippen LogP contribution in [0.3, 0.4) is 0 Å². The third-order valence-electron chi connectivity index (χ3n) is 6.45. The Morgan fingerprint density at radius 1 is 1.11 bits per heavy atom. The molecule has 1 aliphatic heterocycles. The van der Waals surface area contributed by atoms with E-state index in [4.69, 9.17) is 0 Å². The number of benzene rings is 2. The third kappa shape index (κ3) is 6.79. The minimum Gasteiger partial charge on any atom is -0.352 e. The van der Waals surface area contributed by atoms with Gasteiger partial charge in [-0.15, -0.1) is 0 Å². The van der Waals surface area contributed by atoms with Gasteiger partial charge in [0.2, 0.25) is 5.91 Å². The van der Waals surface area contributed by atoms with Gasteiger partial charge in [-0.05, 0) is 42.5 Å². The van der Waals surface area contributed by atoms with Gasteiger partial charge < -0.3 is 16.0 Å². The molecule has 1 unspecified atom stereocenters. The molecule has 2 aromatic carbocycles. The van der Waals surface area contributed by atoms with Crippen LogP contribution in [0.2, 0.25) is 0 Å². The third-order valence-corrected chi connectivity index (χ3v) is 6.45. The fraction of sp³-hybridized carbons (Fsp3) is 0.393. The molecule has 1 aliphatic rings. The Hall–Kier alpha value is -3.45. The number of aryl methyl sites for hydroxylation is 1. The Morgan fingerprint density at radius 3 is 2.66 bits per heavy atom. The van der Waals surface area contributed by atoms with Gasteiger partial charge in [0.15, 0.2) is 0 Å². The molecule has 1 saturated heterocycles. The monoisotopic (exact) mass is 473 g/mol. The second-order valence-corrected chi connectivity index (χ2v) is 9.64. The maximum absolute atomic E-state index is 12.5. The topological polar surface area (TPSA) is 86.4 Å². The molecule has 0 spiro atoms. The summed E-state index contributed by atoms with van der Waals surface area (Å²) in [6.45, 7) is 9.24. The molecule has 184 valence electrons. The van der Waals surface area contributed by atoms with E-state index in [1.165, 1.54) is 5.56 Å². The van der Waals surface area contributed by atoms with E-state index in [-0.39, 0.29) is 18.0 Å². The van der Waals surface area contributed by atoms with Crippen molar-refractivity contribution in [3.05, 3.63) is 71.4 Å². The maximum Gasteiger partial charge on any atom is 0.319 e. The first-order chi connectivity index (χ1) is 16.9. The number of hydrogen-bond donors (Lipinski definition) is 3. The zero-order valence-electron chi connectivity index (χ0n) is 20.8. The maximum atomic E-state index is 12.5. The number of carbonyl (C=O) groups excluding carboxylic acids is 2. The Bertz CT molecular complexity index is 1180. The summed E-state index contributed by atoms with van der Waals surface area (Å²) in [6.07, 6.45) is 1.33. The summed E-state index contributed by atoms with van der Waals surface area (Å²) in [6, 6.07) is 17.9. The second-order valence-electron chi connectivity index (χ2n) is 9.64. The highest BCUT2D eigenvalue weighted by molar-refractivity contribution is 6.00.